The molecule has 1 saturated heterocycles. The number of benzene rings is 1. The Balaban J connectivity index is 1.95. The van der Waals surface area contributed by atoms with Crippen molar-refractivity contribution in [2.75, 3.05) is 26.7 Å². The molecule has 1 unspecified atom stereocenters. The van der Waals surface area contributed by atoms with Crippen molar-refractivity contribution in [3.63, 3.8) is 0 Å². The largest absolute Gasteiger partial charge is 0.496 e. The molecule has 4 heteroatoms. The molecular formula is C14H21ClN2O. The zero-order valence-electron chi connectivity index (χ0n) is 11.1. The lowest BCUT2D eigenvalue weighted by molar-refractivity contribution is 0.403. The highest BCUT2D eigenvalue weighted by Gasteiger charge is 2.14. The van der Waals surface area contributed by atoms with Gasteiger partial charge in [-0.25, -0.2) is 0 Å². The maximum atomic E-state index is 6.09. The predicted octanol–water partition coefficient (Wildman–Crippen LogP) is 2.36. The zero-order valence-corrected chi connectivity index (χ0v) is 11.8. The molecule has 18 heavy (non-hydrogen) atoms. The number of rotatable bonds is 5. The highest BCUT2D eigenvalue weighted by Crippen LogP contribution is 2.27. The molecule has 0 saturated carbocycles. The summed E-state index contributed by atoms with van der Waals surface area (Å²) in [6.07, 6.45) is 1.26. The van der Waals surface area contributed by atoms with Gasteiger partial charge < -0.3 is 15.4 Å². The van der Waals surface area contributed by atoms with E-state index >= 15 is 0 Å². The Kier molecular flexibility index (Phi) is 4.87. The summed E-state index contributed by atoms with van der Waals surface area (Å²) < 4.78 is 5.44. The Morgan fingerprint density at radius 3 is 3.00 bits per heavy atom. The van der Waals surface area contributed by atoms with Crippen LogP contribution < -0.4 is 15.4 Å². The van der Waals surface area contributed by atoms with Crippen LogP contribution in [0.3, 0.4) is 0 Å². The van der Waals surface area contributed by atoms with Crippen molar-refractivity contribution in [2.45, 2.75) is 19.9 Å². The first-order valence-corrected chi connectivity index (χ1v) is 6.83. The number of halogens is 1. The van der Waals surface area contributed by atoms with Crippen LogP contribution in [0.4, 0.5) is 0 Å². The Morgan fingerprint density at radius 2 is 2.33 bits per heavy atom. The van der Waals surface area contributed by atoms with Crippen LogP contribution in [0.1, 0.15) is 17.5 Å². The van der Waals surface area contributed by atoms with Gasteiger partial charge in [-0.3, -0.25) is 0 Å². The van der Waals surface area contributed by atoms with Gasteiger partial charge in [0.05, 0.1) is 7.11 Å². The number of methoxy groups -OCH3 is 1. The molecular weight excluding hydrogens is 248 g/mol. The summed E-state index contributed by atoms with van der Waals surface area (Å²) in [5.41, 5.74) is 2.22. The maximum Gasteiger partial charge on any atom is 0.126 e. The van der Waals surface area contributed by atoms with Gasteiger partial charge in [-0.1, -0.05) is 11.6 Å². The van der Waals surface area contributed by atoms with E-state index in [4.69, 9.17) is 16.3 Å². The number of hydrogen-bond donors (Lipinski definition) is 2. The van der Waals surface area contributed by atoms with Gasteiger partial charge in [-0.05, 0) is 56.6 Å². The lowest BCUT2D eigenvalue weighted by atomic mass is 10.1. The highest BCUT2D eigenvalue weighted by molar-refractivity contribution is 6.30. The second kappa shape index (κ2) is 6.41. The van der Waals surface area contributed by atoms with Gasteiger partial charge in [0, 0.05) is 17.1 Å². The van der Waals surface area contributed by atoms with E-state index in [9.17, 15) is 0 Å². The lowest BCUT2D eigenvalue weighted by Gasteiger charge is -2.14. The molecule has 3 nitrogen and oxygen atoms in total. The SMILES string of the molecule is COc1c(C)cc(Cl)cc1CNCC1CCNC1. The van der Waals surface area contributed by atoms with Crippen molar-refractivity contribution in [3.8, 4) is 5.75 Å². The Hall–Kier alpha value is -0.770. The quantitative estimate of drug-likeness (QED) is 0.860. The Morgan fingerprint density at radius 1 is 1.50 bits per heavy atom. The molecule has 1 aromatic rings. The van der Waals surface area contributed by atoms with Gasteiger partial charge in [-0.2, -0.15) is 0 Å². The standard InChI is InChI=1S/C14H21ClN2O/c1-10-5-13(15)6-12(14(10)18-2)9-17-8-11-3-4-16-7-11/h5-6,11,16-17H,3-4,7-9H2,1-2H3. The second-order valence-corrected chi connectivity index (χ2v) is 5.34. The van der Waals surface area contributed by atoms with E-state index in [1.165, 1.54) is 6.42 Å². The van der Waals surface area contributed by atoms with Crippen LogP contribution in [0.2, 0.25) is 5.02 Å². The minimum atomic E-state index is 0.747. The molecule has 2 rings (SSSR count). The van der Waals surface area contributed by atoms with Crippen LogP contribution in [-0.2, 0) is 6.54 Å². The van der Waals surface area contributed by atoms with E-state index in [1.54, 1.807) is 7.11 Å². The fraction of sp³-hybridized carbons (Fsp3) is 0.571. The topological polar surface area (TPSA) is 33.3 Å². The lowest BCUT2D eigenvalue weighted by Crippen LogP contribution is -2.24. The van der Waals surface area contributed by atoms with Crippen LogP contribution in [0, 0.1) is 12.8 Å². The van der Waals surface area contributed by atoms with Gasteiger partial charge in [0.1, 0.15) is 5.75 Å². The first-order chi connectivity index (χ1) is 8.70. The normalized spacial score (nSPS) is 19.2. The van der Waals surface area contributed by atoms with E-state index in [2.05, 4.69) is 10.6 Å². The van der Waals surface area contributed by atoms with Gasteiger partial charge >= 0.3 is 0 Å². The monoisotopic (exact) mass is 268 g/mol. The molecule has 1 heterocycles. The van der Waals surface area contributed by atoms with Crippen molar-refractivity contribution in [2.24, 2.45) is 5.92 Å². The van der Waals surface area contributed by atoms with Crippen molar-refractivity contribution in [3.05, 3.63) is 28.3 Å². The second-order valence-electron chi connectivity index (χ2n) is 4.90. The zero-order chi connectivity index (χ0) is 13.0. The molecule has 1 atom stereocenters. The number of aryl methyl sites for hydroxylation is 1. The smallest absolute Gasteiger partial charge is 0.126 e. The summed E-state index contributed by atoms with van der Waals surface area (Å²) in [6.45, 7) is 6.14. The first-order valence-electron chi connectivity index (χ1n) is 6.45. The summed E-state index contributed by atoms with van der Waals surface area (Å²) >= 11 is 6.09. The minimum Gasteiger partial charge on any atom is -0.496 e. The molecule has 0 amide bonds. The van der Waals surface area contributed by atoms with Crippen LogP contribution >= 0.6 is 11.6 Å². The summed E-state index contributed by atoms with van der Waals surface area (Å²) in [6, 6.07) is 3.91. The molecule has 0 spiro atoms. The van der Waals surface area contributed by atoms with Crippen LogP contribution in [0.15, 0.2) is 12.1 Å². The molecule has 2 N–H and O–H groups in total. The average molecular weight is 269 g/mol. The van der Waals surface area contributed by atoms with Gasteiger partial charge in [0.25, 0.3) is 0 Å². The third kappa shape index (κ3) is 3.37. The van der Waals surface area contributed by atoms with E-state index in [-0.39, 0.29) is 0 Å². The number of nitrogens with one attached hydrogen (secondary N) is 2. The minimum absolute atomic E-state index is 0.747. The van der Waals surface area contributed by atoms with E-state index in [0.29, 0.717) is 0 Å². The predicted molar refractivity (Wildman–Crippen MR) is 75.4 cm³/mol. The summed E-state index contributed by atoms with van der Waals surface area (Å²) in [5, 5.41) is 7.64. The van der Waals surface area contributed by atoms with Gasteiger partial charge in [0.15, 0.2) is 0 Å². The summed E-state index contributed by atoms with van der Waals surface area (Å²) in [4.78, 5) is 0. The third-order valence-corrected chi connectivity index (χ3v) is 3.65. The van der Waals surface area contributed by atoms with Crippen LogP contribution in [0.5, 0.6) is 5.75 Å². The molecule has 100 valence electrons. The van der Waals surface area contributed by atoms with E-state index in [1.807, 2.05) is 19.1 Å². The van der Waals surface area contributed by atoms with Crippen molar-refractivity contribution >= 4 is 11.6 Å². The third-order valence-electron chi connectivity index (χ3n) is 3.43. The first kappa shape index (κ1) is 13.7. The highest BCUT2D eigenvalue weighted by atomic mass is 35.5. The molecule has 0 aliphatic carbocycles. The van der Waals surface area contributed by atoms with Crippen molar-refractivity contribution in [1.29, 1.82) is 0 Å². The number of hydrogen-bond acceptors (Lipinski definition) is 3. The van der Waals surface area contributed by atoms with Crippen molar-refractivity contribution < 1.29 is 4.74 Å². The maximum absolute atomic E-state index is 6.09. The molecule has 1 aliphatic heterocycles. The molecule has 1 fully saturated rings. The fourth-order valence-corrected chi connectivity index (χ4v) is 2.82. The molecule has 1 aromatic carbocycles. The fourth-order valence-electron chi connectivity index (χ4n) is 2.52. The van der Waals surface area contributed by atoms with Crippen LogP contribution in [-0.4, -0.2) is 26.7 Å². The van der Waals surface area contributed by atoms with E-state index in [0.717, 1.165) is 54.0 Å². The van der Waals surface area contributed by atoms with Crippen LogP contribution in [0.25, 0.3) is 0 Å². The Bertz CT molecular complexity index is 403. The Labute approximate surface area is 114 Å². The average Bonchev–Trinajstić information content (AvgIpc) is 2.81. The van der Waals surface area contributed by atoms with Crippen molar-refractivity contribution in [1.82, 2.24) is 10.6 Å². The molecule has 1 aliphatic rings. The summed E-state index contributed by atoms with van der Waals surface area (Å²) in [7, 11) is 1.71. The molecule has 0 radical (unpaired) electrons. The van der Waals surface area contributed by atoms with Gasteiger partial charge in [0.2, 0.25) is 0 Å². The van der Waals surface area contributed by atoms with Gasteiger partial charge in [-0.15, -0.1) is 0 Å². The summed E-state index contributed by atoms with van der Waals surface area (Å²) in [5.74, 6) is 1.69. The molecule has 0 bridgehead atoms. The van der Waals surface area contributed by atoms with E-state index < -0.39 is 0 Å². The molecule has 0 aromatic heterocycles. The number of ether oxygens (including phenoxy) is 1.